The van der Waals surface area contributed by atoms with Crippen LogP contribution in [0.15, 0.2) is 5.16 Å². The molecule has 1 aromatic heterocycles. The molecule has 1 fully saturated rings. The van der Waals surface area contributed by atoms with E-state index in [4.69, 9.17) is 5.11 Å². The van der Waals surface area contributed by atoms with Crippen LogP contribution in [0.3, 0.4) is 0 Å². The standard InChI is InChI=1S/C14H24N4O2S/c1-3-18-13(15-16-14(18)21-10-12(19)20)17(2)9-11-7-5-4-6-8-11/h11H,3-10H2,1-2H3,(H,19,20). The Balaban J connectivity index is 2.02. The Morgan fingerprint density at radius 3 is 2.71 bits per heavy atom. The van der Waals surface area contributed by atoms with Gasteiger partial charge in [-0.2, -0.15) is 0 Å². The summed E-state index contributed by atoms with van der Waals surface area (Å²) in [5.41, 5.74) is 0. The SMILES string of the molecule is CCn1c(SCC(=O)O)nnc1N(C)CC1CCCCC1. The topological polar surface area (TPSA) is 71.2 Å². The number of aromatic nitrogens is 3. The van der Waals surface area contributed by atoms with Gasteiger partial charge in [0.15, 0.2) is 5.16 Å². The Labute approximate surface area is 129 Å². The molecule has 0 radical (unpaired) electrons. The summed E-state index contributed by atoms with van der Waals surface area (Å²) in [5, 5.41) is 17.9. The minimum atomic E-state index is -0.831. The predicted octanol–water partition coefficient (Wildman–Crippen LogP) is 2.49. The third-order valence-electron chi connectivity index (χ3n) is 3.94. The number of aliphatic carboxylic acids is 1. The zero-order valence-corrected chi connectivity index (χ0v) is 13.6. The Morgan fingerprint density at radius 1 is 1.38 bits per heavy atom. The van der Waals surface area contributed by atoms with E-state index in [0.717, 1.165) is 25.0 Å². The number of anilines is 1. The van der Waals surface area contributed by atoms with Crippen molar-refractivity contribution in [2.24, 2.45) is 5.92 Å². The second kappa shape index (κ2) is 7.68. The summed E-state index contributed by atoms with van der Waals surface area (Å²) in [6.07, 6.45) is 6.62. The largest absolute Gasteiger partial charge is 0.481 e. The molecule has 7 heteroatoms. The van der Waals surface area contributed by atoms with E-state index in [1.807, 2.05) is 11.5 Å². The van der Waals surface area contributed by atoms with Crippen LogP contribution in [0.1, 0.15) is 39.0 Å². The number of carboxylic acid groups (broad SMARTS) is 1. The van der Waals surface area contributed by atoms with E-state index in [1.54, 1.807) is 0 Å². The van der Waals surface area contributed by atoms with Gasteiger partial charge < -0.3 is 10.0 Å². The highest BCUT2D eigenvalue weighted by atomic mass is 32.2. The maximum absolute atomic E-state index is 10.7. The van der Waals surface area contributed by atoms with Gasteiger partial charge in [-0.05, 0) is 25.7 Å². The van der Waals surface area contributed by atoms with E-state index in [0.29, 0.717) is 5.16 Å². The van der Waals surface area contributed by atoms with E-state index in [9.17, 15) is 4.79 Å². The quantitative estimate of drug-likeness (QED) is 0.780. The molecule has 2 rings (SSSR count). The Hall–Kier alpha value is -1.24. The van der Waals surface area contributed by atoms with Gasteiger partial charge in [-0.25, -0.2) is 0 Å². The van der Waals surface area contributed by atoms with Gasteiger partial charge in [-0.15, -0.1) is 10.2 Å². The molecular formula is C14H24N4O2S. The zero-order chi connectivity index (χ0) is 15.2. The average molecular weight is 312 g/mol. The van der Waals surface area contributed by atoms with E-state index in [2.05, 4.69) is 22.1 Å². The van der Waals surface area contributed by atoms with Gasteiger partial charge in [0.05, 0.1) is 5.75 Å². The summed E-state index contributed by atoms with van der Waals surface area (Å²) >= 11 is 1.23. The van der Waals surface area contributed by atoms with Crippen molar-refractivity contribution in [3.63, 3.8) is 0 Å². The lowest BCUT2D eigenvalue weighted by Gasteiger charge is -2.27. The number of rotatable bonds is 7. The fraction of sp³-hybridized carbons (Fsp3) is 0.786. The first-order valence-corrected chi connectivity index (χ1v) is 8.59. The molecule has 1 N–H and O–H groups in total. The number of carboxylic acids is 1. The van der Waals surface area contributed by atoms with Gasteiger partial charge in [0.2, 0.25) is 5.95 Å². The lowest BCUT2D eigenvalue weighted by Crippen LogP contribution is -2.29. The summed E-state index contributed by atoms with van der Waals surface area (Å²) in [4.78, 5) is 12.9. The van der Waals surface area contributed by atoms with Gasteiger partial charge in [-0.3, -0.25) is 9.36 Å². The highest BCUT2D eigenvalue weighted by molar-refractivity contribution is 7.99. The molecule has 1 saturated carbocycles. The third-order valence-corrected chi connectivity index (χ3v) is 4.89. The number of hydrogen-bond acceptors (Lipinski definition) is 5. The molecule has 0 aromatic carbocycles. The lowest BCUT2D eigenvalue weighted by atomic mass is 9.89. The summed E-state index contributed by atoms with van der Waals surface area (Å²) in [6.45, 7) is 3.78. The molecule has 21 heavy (non-hydrogen) atoms. The van der Waals surface area contributed by atoms with Gasteiger partial charge in [0.25, 0.3) is 0 Å². The molecule has 0 bridgehead atoms. The highest BCUT2D eigenvalue weighted by Gasteiger charge is 2.20. The van der Waals surface area contributed by atoms with Crippen molar-refractivity contribution in [3.05, 3.63) is 0 Å². The molecule has 1 aromatic rings. The minimum absolute atomic E-state index is 0.0183. The van der Waals surface area contributed by atoms with Crippen LogP contribution in [-0.4, -0.2) is 45.2 Å². The predicted molar refractivity (Wildman–Crippen MR) is 83.9 cm³/mol. The van der Waals surface area contributed by atoms with Crippen LogP contribution in [0.2, 0.25) is 0 Å². The van der Waals surface area contributed by atoms with E-state index in [1.165, 1.54) is 43.9 Å². The van der Waals surface area contributed by atoms with Gasteiger partial charge in [-0.1, -0.05) is 31.0 Å². The first-order chi connectivity index (χ1) is 10.1. The van der Waals surface area contributed by atoms with Crippen LogP contribution in [-0.2, 0) is 11.3 Å². The number of nitrogens with zero attached hydrogens (tertiary/aromatic N) is 4. The van der Waals surface area contributed by atoms with Crippen LogP contribution in [0, 0.1) is 5.92 Å². The minimum Gasteiger partial charge on any atom is -0.481 e. The van der Waals surface area contributed by atoms with E-state index in [-0.39, 0.29) is 5.75 Å². The van der Waals surface area contributed by atoms with Crippen molar-refractivity contribution in [2.45, 2.75) is 50.7 Å². The molecule has 6 nitrogen and oxygen atoms in total. The summed E-state index contributed by atoms with van der Waals surface area (Å²) in [7, 11) is 2.05. The summed E-state index contributed by atoms with van der Waals surface area (Å²) < 4.78 is 2.00. The summed E-state index contributed by atoms with van der Waals surface area (Å²) in [5.74, 6) is 0.768. The normalized spacial score (nSPS) is 16.1. The van der Waals surface area contributed by atoms with Crippen LogP contribution in [0.25, 0.3) is 0 Å². The van der Waals surface area contributed by atoms with Gasteiger partial charge in [0.1, 0.15) is 0 Å². The number of carbonyl (C=O) groups is 1. The molecule has 0 amide bonds. The lowest BCUT2D eigenvalue weighted by molar-refractivity contribution is -0.133. The first-order valence-electron chi connectivity index (χ1n) is 7.60. The van der Waals surface area contributed by atoms with Crippen molar-refractivity contribution in [1.82, 2.24) is 14.8 Å². The van der Waals surface area contributed by atoms with E-state index >= 15 is 0 Å². The molecule has 1 aliphatic carbocycles. The molecule has 0 saturated heterocycles. The molecule has 0 aliphatic heterocycles. The van der Waals surface area contributed by atoms with Crippen LogP contribution in [0.4, 0.5) is 5.95 Å². The van der Waals surface area contributed by atoms with Crippen molar-refractivity contribution in [2.75, 3.05) is 24.2 Å². The van der Waals surface area contributed by atoms with Crippen molar-refractivity contribution in [3.8, 4) is 0 Å². The second-order valence-corrected chi connectivity index (χ2v) is 6.54. The maximum atomic E-state index is 10.7. The molecule has 0 unspecified atom stereocenters. The fourth-order valence-corrected chi connectivity index (χ4v) is 3.63. The van der Waals surface area contributed by atoms with Gasteiger partial charge >= 0.3 is 5.97 Å². The van der Waals surface area contributed by atoms with Crippen molar-refractivity contribution < 1.29 is 9.90 Å². The highest BCUT2D eigenvalue weighted by Crippen LogP contribution is 2.26. The average Bonchev–Trinajstić information content (AvgIpc) is 2.89. The Bertz CT molecular complexity index is 472. The van der Waals surface area contributed by atoms with Crippen molar-refractivity contribution in [1.29, 1.82) is 0 Å². The van der Waals surface area contributed by atoms with Gasteiger partial charge in [0, 0.05) is 20.1 Å². The smallest absolute Gasteiger partial charge is 0.313 e. The fourth-order valence-electron chi connectivity index (χ4n) is 2.91. The Morgan fingerprint density at radius 2 is 2.10 bits per heavy atom. The molecule has 1 aliphatic rings. The molecular weight excluding hydrogens is 288 g/mol. The summed E-state index contributed by atoms with van der Waals surface area (Å²) in [6, 6.07) is 0. The molecule has 118 valence electrons. The maximum Gasteiger partial charge on any atom is 0.313 e. The number of thioether (sulfide) groups is 1. The molecule has 0 spiro atoms. The van der Waals surface area contributed by atoms with E-state index < -0.39 is 5.97 Å². The second-order valence-electron chi connectivity index (χ2n) is 5.59. The monoisotopic (exact) mass is 312 g/mol. The molecule has 1 heterocycles. The first kappa shape index (κ1) is 16.1. The van der Waals surface area contributed by atoms with Crippen LogP contribution >= 0.6 is 11.8 Å². The number of hydrogen-bond donors (Lipinski definition) is 1. The Kier molecular flexibility index (Phi) is 5.90. The van der Waals surface area contributed by atoms with Crippen molar-refractivity contribution >= 4 is 23.7 Å². The molecule has 0 atom stereocenters. The third kappa shape index (κ3) is 4.36. The zero-order valence-electron chi connectivity index (χ0n) is 12.8. The van der Waals surface area contributed by atoms with Crippen LogP contribution < -0.4 is 4.90 Å². The van der Waals surface area contributed by atoms with Crippen LogP contribution in [0.5, 0.6) is 0 Å².